The first-order valence-corrected chi connectivity index (χ1v) is 9.21. The fraction of sp³-hybridized carbons (Fsp3) is 0.500. The average molecular weight is 347 g/mol. The van der Waals surface area contributed by atoms with Crippen molar-refractivity contribution in [2.75, 3.05) is 19.7 Å². The third-order valence-corrected chi connectivity index (χ3v) is 6.23. The summed E-state index contributed by atoms with van der Waals surface area (Å²) < 4.78 is 11.7. The molecule has 0 unspecified atom stereocenters. The molecule has 0 aromatic carbocycles. The van der Waals surface area contributed by atoms with E-state index in [-0.39, 0.29) is 18.1 Å². The smallest absolute Gasteiger partial charge is 0.289 e. The lowest BCUT2D eigenvalue weighted by atomic mass is 9.85. The van der Waals surface area contributed by atoms with Gasteiger partial charge in [-0.05, 0) is 49.3 Å². The van der Waals surface area contributed by atoms with Gasteiger partial charge >= 0.3 is 0 Å². The van der Waals surface area contributed by atoms with Gasteiger partial charge in [0, 0.05) is 23.5 Å². The third kappa shape index (κ3) is 2.49. The Morgan fingerprint density at radius 3 is 2.92 bits per heavy atom. The molecular weight excluding hydrogens is 326 g/mol. The van der Waals surface area contributed by atoms with E-state index in [9.17, 15) is 9.90 Å². The van der Waals surface area contributed by atoms with Crippen LogP contribution in [0.5, 0.6) is 0 Å². The van der Waals surface area contributed by atoms with Crippen LogP contribution in [0.4, 0.5) is 0 Å². The number of rotatable bonds is 2. The second-order valence-electron chi connectivity index (χ2n) is 6.54. The highest BCUT2D eigenvalue weighted by Gasteiger charge is 2.43. The Kier molecular flexibility index (Phi) is 3.98. The van der Waals surface area contributed by atoms with Gasteiger partial charge in [-0.15, -0.1) is 11.3 Å². The Morgan fingerprint density at radius 1 is 1.42 bits per heavy atom. The summed E-state index contributed by atoms with van der Waals surface area (Å²) in [6.07, 6.45) is 2.62. The number of piperidine rings is 1. The molecule has 1 N–H and O–H groups in total. The minimum Gasteiger partial charge on any atom is -0.453 e. The van der Waals surface area contributed by atoms with Gasteiger partial charge in [-0.25, -0.2) is 0 Å². The molecule has 0 saturated carbocycles. The molecule has 0 bridgehead atoms. The van der Waals surface area contributed by atoms with E-state index in [0.717, 1.165) is 31.4 Å². The maximum absolute atomic E-state index is 12.7. The molecule has 4 heterocycles. The molecule has 128 valence electrons. The number of aliphatic hydroxyl groups is 1. The zero-order chi connectivity index (χ0) is 16.7. The highest BCUT2D eigenvalue weighted by Crippen LogP contribution is 2.44. The first-order valence-electron chi connectivity index (χ1n) is 8.33. The lowest BCUT2D eigenvalue weighted by molar-refractivity contribution is -0.0908. The van der Waals surface area contributed by atoms with Crippen molar-refractivity contribution in [3.05, 3.63) is 45.0 Å². The molecule has 2 aliphatic heterocycles. The molecule has 0 aliphatic carbocycles. The lowest BCUT2D eigenvalue weighted by Crippen LogP contribution is -2.47. The van der Waals surface area contributed by atoms with Crippen molar-refractivity contribution in [3.63, 3.8) is 0 Å². The van der Waals surface area contributed by atoms with Crippen LogP contribution in [-0.2, 0) is 23.4 Å². The van der Waals surface area contributed by atoms with E-state index >= 15 is 0 Å². The van der Waals surface area contributed by atoms with Gasteiger partial charge in [-0.2, -0.15) is 0 Å². The van der Waals surface area contributed by atoms with Gasteiger partial charge in [0.2, 0.25) is 0 Å². The molecule has 1 amide bonds. The number of hydrogen-bond donors (Lipinski definition) is 1. The van der Waals surface area contributed by atoms with Gasteiger partial charge in [-0.3, -0.25) is 4.79 Å². The van der Waals surface area contributed by atoms with Crippen molar-refractivity contribution in [2.24, 2.45) is 0 Å². The van der Waals surface area contributed by atoms with Gasteiger partial charge in [0.15, 0.2) is 5.76 Å². The van der Waals surface area contributed by atoms with Gasteiger partial charge in [0.1, 0.15) is 18.0 Å². The molecule has 2 aromatic heterocycles. The van der Waals surface area contributed by atoms with E-state index in [2.05, 4.69) is 11.4 Å². The van der Waals surface area contributed by atoms with Crippen LogP contribution in [0, 0.1) is 6.92 Å². The number of ether oxygens (including phenoxy) is 1. The van der Waals surface area contributed by atoms with E-state index in [4.69, 9.17) is 9.15 Å². The number of aryl methyl sites for hydroxylation is 1. The van der Waals surface area contributed by atoms with E-state index in [1.807, 2.05) is 11.8 Å². The molecule has 5 nitrogen and oxygen atoms in total. The number of carbonyl (C=O) groups excluding carboxylic acids is 1. The minimum absolute atomic E-state index is 0.0933. The van der Waals surface area contributed by atoms with Gasteiger partial charge in [-0.1, -0.05) is 0 Å². The van der Waals surface area contributed by atoms with E-state index in [1.165, 1.54) is 10.4 Å². The first-order chi connectivity index (χ1) is 11.6. The number of carbonyl (C=O) groups is 1. The monoisotopic (exact) mass is 347 g/mol. The zero-order valence-corrected chi connectivity index (χ0v) is 14.5. The highest BCUT2D eigenvalue weighted by atomic mass is 32.1. The van der Waals surface area contributed by atoms with Crippen LogP contribution in [0.2, 0.25) is 0 Å². The topological polar surface area (TPSA) is 62.9 Å². The molecule has 0 radical (unpaired) electrons. The standard InChI is InChI=1S/C18H21NO4S/c1-12-10-14(11-20)23-15(12)17(21)19-6-4-18(5-7-19)16-13(2-8-22-18)3-9-24-16/h3,9-10,20H,2,4-8,11H2,1H3. The summed E-state index contributed by atoms with van der Waals surface area (Å²) >= 11 is 1.77. The lowest BCUT2D eigenvalue weighted by Gasteiger charge is -2.43. The SMILES string of the molecule is Cc1cc(CO)oc1C(=O)N1CCC2(CC1)OCCc1ccsc12. The number of nitrogens with zero attached hydrogens (tertiary/aromatic N) is 1. The summed E-state index contributed by atoms with van der Waals surface area (Å²) in [6.45, 7) is 3.72. The number of likely N-dealkylation sites (tertiary alicyclic amines) is 1. The number of thiophene rings is 1. The number of aliphatic hydroxyl groups excluding tert-OH is 1. The Labute approximate surface area is 144 Å². The van der Waals surface area contributed by atoms with E-state index in [0.29, 0.717) is 24.6 Å². The molecule has 0 atom stereocenters. The van der Waals surface area contributed by atoms with Crippen molar-refractivity contribution < 1.29 is 19.1 Å². The predicted molar refractivity (Wildman–Crippen MR) is 90.2 cm³/mol. The van der Waals surface area contributed by atoms with Gasteiger partial charge in [0.05, 0.1) is 6.61 Å². The number of amides is 1. The number of furan rings is 1. The average Bonchev–Trinajstić information content (AvgIpc) is 3.22. The molecule has 24 heavy (non-hydrogen) atoms. The Bertz CT molecular complexity index is 755. The Balaban J connectivity index is 1.51. The van der Waals surface area contributed by atoms with Crippen LogP contribution in [0.15, 0.2) is 21.9 Å². The zero-order valence-electron chi connectivity index (χ0n) is 13.7. The van der Waals surface area contributed by atoms with Crippen LogP contribution < -0.4 is 0 Å². The van der Waals surface area contributed by atoms with Crippen LogP contribution in [-0.4, -0.2) is 35.6 Å². The molecule has 2 aliphatic rings. The highest BCUT2D eigenvalue weighted by molar-refractivity contribution is 7.10. The predicted octanol–water partition coefficient (Wildman–Crippen LogP) is 2.85. The summed E-state index contributed by atoms with van der Waals surface area (Å²) in [5.74, 6) is 0.684. The van der Waals surface area contributed by atoms with Crippen LogP contribution >= 0.6 is 11.3 Å². The fourth-order valence-corrected chi connectivity index (χ4v) is 4.95. The summed E-state index contributed by atoms with van der Waals surface area (Å²) in [4.78, 5) is 15.9. The largest absolute Gasteiger partial charge is 0.453 e. The Hall–Kier alpha value is -1.63. The van der Waals surface area contributed by atoms with Gasteiger partial charge in [0.25, 0.3) is 5.91 Å². The quantitative estimate of drug-likeness (QED) is 0.907. The fourth-order valence-electron chi connectivity index (χ4n) is 3.78. The molecule has 6 heteroatoms. The second-order valence-corrected chi connectivity index (χ2v) is 7.46. The molecular formula is C18H21NO4S. The van der Waals surface area contributed by atoms with E-state index in [1.54, 1.807) is 17.4 Å². The molecule has 4 rings (SSSR count). The van der Waals surface area contributed by atoms with Crippen LogP contribution in [0.3, 0.4) is 0 Å². The molecule has 1 spiro atoms. The van der Waals surface area contributed by atoms with Crippen molar-refractivity contribution in [1.29, 1.82) is 0 Å². The van der Waals surface area contributed by atoms with Crippen molar-refractivity contribution in [2.45, 2.75) is 38.4 Å². The summed E-state index contributed by atoms with van der Waals surface area (Å²) in [6, 6.07) is 3.92. The van der Waals surface area contributed by atoms with Crippen molar-refractivity contribution >= 4 is 17.2 Å². The summed E-state index contributed by atoms with van der Waals surface area (Å²) in [5, 5.41) is 11.3. The van der Waals surface area contributed by atoms with Crippen LogP contribution in [0.1, 0.15) is 45.2 Å². The third-order valence-electron chi connectivity index (χ3n) is 5.09. The van der Waals surface area contributed by atoms with E-state index < -0.39 is 0 Å². The normalized spacial score (nSPS) is 19.5. The van der Waals surface area contributed by atoms with Crippen molar-refractivity contribution in [1.82, 2.24) is 4.90 Å². The second kappa shape index (κ2) is 6.02. The van der Waals surface area contributed by atoms with Crippen LogP contribution in [0.25, 0.3) is 0 Å². The number of hydrogen-bond acceptors (Lipinski definition) is 5. The molecule has 1 fully saturated rings. The van der Waals surface area contributed by atoms with Gasteiger partial charge < -0.3 is 19.2 Å². The summed E-state index contributed by atoms with van der Waals surface area (Å²) in [7, 11) is 0. The maximum atomic E-state index is 12.7. The van der Waals surface area contributed by atoms with Crippen molar-refractivity contribution in [3.8, 4) is 0 Å². The summed E-state index contributed by atoms with van der Waals surface area (Å²) in [5.41, 5.74) is 1.96. The maximum Gasteiger partial charge on any atom is 0.289 e. The number of fused-ring (bicyclic) bond motifs is 2. The first kappa shape index (κ1) is 15.9. The molecule has 2 aromatic rings. The molecule has 1 saturated heterocycles. The minimum atomic E-state index is -0.215. The Morgan fingerprint density at radius 2 is 2.21 bits per heavy atom.